The summed E-state index contributed by atoms with van der Waals surface area (Å²) >= 11 is 1.77. The maximum Gasteiger partial charge on any atom is 0.159 e. The minimum Gasteiger partial charge on any atom is -0.295 e. The minimum atomic E-state index is 0.114. The summed E-state index contributed by atoms with van der Waals surface area (Å²) in [5.41, 5.74) is 2.10. The second kappa shape index (κ2) is 6.15. The lowest BCUT2D eigenvalue weighted by atomic mass is 10.1. The lowest BCUT2D eigenvalue weighted by molar-refractivity contribution is 0.101. The topological polar surface area (TPSA) is 17.1 Å². The summed E-state index contributed by atoms with van der Waals surface area (Å²) in [7, 11) is 0. The van der Waals surface area contributed by atoms with Crippen LogP contribution >= 0.6 is 11.8 Å². The SMILES string of the molecule is CC(=O)c1cccc(SCc2cccc3ccccc23)c1. The van der Waals surface area contributed by atoms with Gasteiger partial charge in [0.15, 0.2) is 5.78 Å². The summed E-state index contributed by atoms with van der Waals surface area (Å²) in [5, 5.41) is 2.57. The largest absolute Gasteiger partial charge is 0.295 e. The van der Waals surface area contributed by atoms with E-state index in [1.807, 2.05) is 18.2 Å². The molecule has 21 heavy (non-hydrogen) atoms. The van der Waals surface area contributed by atoms with Gasteiger partial charge in [-0.3, -0.25) is 4.79 Å². The Morgan fingerprint density at radius 1 is 0.952 bits per heavy atom. The van der Waals surface area contributed by atoms with Crippen LogP contribution in [0.2, 0.25) is 0 Å². The van der Waals surface area contributed by atoms with E-state index in [0.717, 1.165) is 16.2 Å². The van der Waals surface area contributed by atoms with E-state index in [0.29, 0.717) is 0 Å². The highest BCUT2D eigenvalue weighted by Gasteiger charge is 2.04. The molecule has 0 aromatic heterocycles. The number of hydrogen-bond acceptors (Lipinski definition) is 2. The molecule has 0 heterocycles. The second-order valence-corrected chi connectivity index (χ2v) is 6.06. The summed E-state index contributed by atoms with van der Waals surface area (Å²) < 4.78 is 0. The van der Waals surface area contributed by atoms with E-state index in [1.54, 1.807) is 18.7 Å². The highest BCUT2D eigenvalue weighted by molar-refractivity contribution is 7.98. The minimum absolute atomic E-state index is 0.114. The van der Waals surface area contributed by atoms with Crippen molar-refractivity contribution in [1.29, 1.82) is 0 Å². The highest BCUT2D eigenvalue weighted by Crippen LogP contribution is 2.27. The Bertz CT molecular complexity index is 787. The van der Waals surface area contributed by atoms with Gasteiger partial charge in [-0.25, -0.2) is 0 Å². The molecule has 3 aromatic rings. The van der Waals surface area contributed by atoms with Gasteiger partial charge in [0.05, 0.1) is 0 Å². The third-order valence-electron chi connectivity index (χ3n) is 3.51. The number of carbonyl (C=O) groups excluding carboxylic acids is 1. The molecule has 0 aliphatic heterocycles. The first kappa shape index (κ1) is 13.9. The number of Topliss-reactive ketones (excluding diaryl/α,β-unsaturated/α-hetero) is 1. The van der Waals surface area contributed by atoms with Crippen molar-refractivity contribution in [3.63, 3.8) is 0 Å². The highest BCUT2D eigenvalue weighted by atomic mass is 32.2. The van der Waals surface area contributed by atoms with Gasteiger partial charge in [-0.2, -0.15) is 0 Å². The van der Waals surface area contributed by atoms with Crippen molar-refractivity contribution in [2.75, 3.05) is 0 Å². The molecule has 0 N–H and O–H groups in total. The van der Waals surface area contributed by atoms with Crippen LogP contribution in [0.4, 0.5) is 0 Å². The third-order valence-corrected chi connectivity index (χ3v) is 4.56. The van der Waals surface area contributed by atoms with Crippen LogP contribution in [0.1, 0.15) is 22.8 Å². The van der Waals surface area contributed by atoms with Gasteiger partial charge in [0.1, 0.15) is 0 Å². The van der Waals surface area contributed by atoms with Crippen molar-refractivity contribution in [1.82, 2.24) is 0 Å². The molecule has 0 saturated carbocycles. The number of benzene rings is 3. The number of rotatable bonds is 4. The number of hydrogen-bond donors (Lipinski definition) is 0. The smallest absolute Gasteiger partial charge is 0.159 e. The summed E-state index contributed by atoms with van der Waals surface area (Å²) in [5.74, 6) is 1.02. The van der Waals surface area contributed by atoms with Gasteiger partial charge < -0.3 is 0 Å². The quantitative estimate of drug-likeness (QED) is 0.477. The molecule has 0 bridgehead atoms. The van der Waals surface area contributed by atoms with E-state index in [4.69, 9.17) is 0 Å². The van der Waals surface area contributed by atoms with Gasteiger partial charge >= 0.3 is 0 Å². The van der Waals surface area contributed by atoms with Gasteiger partial charge in [0.2, 0.25) is 0 Å². The summed E-state index contributed by atoms with van der Waals surface area (Å²) in [6.07, 6.45) is 0. The summed E-state index contributed by atoms with van der Waals surface area (Å²) in [6.45, 7) is 1.61. The fourth-order valence-corrected chi connectivity index (χ4v) is 3.34. The maximum absolute atomic E-state index is 11.4. The first-order valence-corrected chi connectivity index (χ1v) is 7.93. The Labute approximate surface area is 129 Å². The molecule has 2 heteroatoms. The maximum atomic E-state index is 11.4. The van der Waals surface area contributed by atoms with Crippen LogP contribution in [0.5, 0.6) is 0 Å². The molecule has 0 aliphatic rings. The molecule has 3 rings (SSSR count). The molecular formula is C19H16OS. The lowest BCUT2D eigenvalue weighted by Gasteiger charge is -2.07. The van der Waals surface area contributed by atoms with Crippen molar-refractivity contribution in [3.8, 4) is 0 Å². The molecule has 0 spiro atoms. The van der Waals surface area contributed by atoms with Crippen molar-refractivity contribution >= 4 is 28.3 Å². The molecule has 0 radical (unpaired) electrons. The zero-order chi connectivity index (χ0) is 14.7. The fraction of sp³-hybridized carbons (Fsp3) is 0.105. The molecule has 104 valence electrons. The summed E-state index contributed by atoms with van der Waals surface area (Å²) in [6, 6.07) is 22.7. The standard InChI is InChI=1S/C19H16OS/c1-14(20)16-8-5-10-18(12-16)21-13-17-9-4-7-15-6-2-3-11-19(15)17/h2-12H,13H2,1H3. The van der Waals surface area contributed by atoms with Crippen LogP contribution in [0.15, 0.2) is 71.6 Å². The molecule has 0 atom stereocenters. The van der Waals surface area contributed by atoms with Gasteiger partial charge in [-0.1, -0.05) is 54.6 Å². The Kier molecular flexibility index (Phi) is 4.07. The van der Waals surface area contributed by atoms with Crippen molar-refractivity contribution in [3.05, 3.63) is 77.9 Å². The zero-order valence-electron chi connectivity index (χ0n) is 11.9. The average Bonchev–Trinajstić information content (AvgIpc) is 2.53. The Morgan fingerprint density at radius 2 is 1.71 bits per heavy atom. The first-order valence-electron chi connectivity index (χ1n) is 6.94. The predicted molar refractivity (Wildman–Crippen MR) is 90.0 cm³/mol. The van der Waals surface area contributed by atoms with Crippen molar-refractivity contribution < 1.29 is 4.79 Å². The molecule has 0 unspecified atom stereocenters. The third kappa shape index (κ3) is 3.17. The second-order valence-electron chi connectivity index (χ2n) is 5.01. The fourth-order valence-electron chi connectivity index (χ4n) is 2.38. The van der Waals surface area contributed by atoms with Gasteiger partial charge in [-0.05, 0) is 35.4 Å². The summed E-state index contributed by atoms with van der Waals surface area (Å²) in [4.78, 5) is 12.6. The van der Waals surface area contributed by atoms with Gasteiger partial charge in [0.25, 0.3) is 0 Å². The van der Waals surface area contributed by atoms with Crippen LogP contribution in [-0.4, -0.2) is 5.78 Å². The molecule has 0 fully saturated rings. The van der Waals surface area contributed by atoms with E-state index in [-0.39, 0.29) is 5.78 Å². The van der Waals surface area contributed by atoms with Crippen molar-refractivity contribution in [2.24, 2.45) is 0 Å². The van der Waals surface area contributed by atoms with Crippen LogP contribution in [-0.2, 0) is 5.75 Å². The molecular weight excluding hydrogens is 276 g/mol. The number of fused-ring (bicyclic) bond motifs is 1. The van der Waals surface area contributed by atoms with E-state index in [2.05, 4.69) is 48.5 Å². The Balaban J connectivity index is 1.84. The Morgan fingerprint density at radius 3 is 2.57 bits per heavy atom. The van der Waals surface area contributed by atoms with Gasteiger partial charge in [0, 0.05) is 16.2 Å². The monoisotopic (exact) mass is 292 g/mol. The average molecular weight is 292 g/mol. The zero-order valence-corrected chi connectivity index (χ0v) is 12.7. The predicted octanol–water partition coefficient (Wildman–Crippen LogP) is 5.33. The van der Waals surface area contributed by atoms with Crippen LogP contribution < -0.4 is 0 Å². The van der Waals surface area contributed by atoms with E-state index < -0.39 is 0 Å². The van der Waals surface area contributed by atoms with Crippen LogP contribution in [0.3, 0.4) is 0 Å². The van der Waals surface area contributed by atoms with Gasteiger partial charge in [-0.15, -0.1) is 11.8 Å². The Hall–Kier alpha value is -2.06. The van der Waals surface area contributed by atoms with E-state index >= 15 is 0 Å². The van der Waals surface area contributed by atoms with Crippen LogP contribution in [0, 0.1) is 0 Å². The molecule has 3 aromatic carbocycles. The molecule has 0 aliphatic carbocycles. The molecule has 1 nitrogen and oxygen atoms in total. The first-order chi connectivity index (χ1) is 10.2. The lowest BCUT2D eigenvalue weighted by Crippen LogP contribution is -1.91. The molecule has 0 amide bonds. The van der Waals surface area contributed by atoms with Crippen molar-refractivity contribution in [2.45, 2.75) is 17.6 Å². The number of carbonyl (C=O) groups is 1. The normalized spacial score (nSPS) is 10.7. The van der Waals surface area contributed by atoms with E-state index in [1.165, 1.54) is 16.3 Å². The molecule has 0 saturated heterocycles. The number of ketones is 1. The van der Waals surface area contributed by atoms with Crippen LogP contribution in [0.25, 0.3) is 10.8 Å². The number of thioether (sulfide) groups is 1. The van der Waals surface area contributed by atoms with E-state index in [9.17, 15) is 4.79 Å².